The Kier molecular flexibility index (Phi) is 8.62. The summed E-state index contributed by atoms with van der Waals surface area (Å²) in [7, 11) is 0. The molecule has 4 heteroatoms. The minimum absolute atomic E-state index is 0.722. The highest BCUT2D eigenvalue weighted by Crippen LogP contribution is 2.00. The van der Waals surface area contributed by atoms with Gasteiger partial charge in [-0.3, -0.25) is 9.80 Å². The average molecular weight is 270 g/mol. The van der Waals surface area contributed by atoms with Gasteiger partial charge in [-0.15, -0.1) is 0 Å². The summed E-state index contributed by atoms with van der Waals surface area (Å²) in [5.74, 6) is 0. The van der Waals surface area contributed by atoms with Gasteiger partial charge in [0, 0.05) is 51.4 Å². The maximum absolute atomic E-state index is 3.39. The molecule has 2 aliphatic heterocycles. The van der Waals surface area contributed by atoms with Gasteiger partial charge >= 0.3 is 0 Å². The number of piperazine rings is 1. The van der Waals surface area contributed by atoms with Gasteiger partial charge < -0.3 is 10.6 Å². The van der Waals surface area contributed by atoms with E-state index in [0.717, 1.165) is 31.7 Å². The smallest absolute Gasteiger partial charge is 0.0110 e. The van der Waals surface area contributed by atoms with Crippen molar-refractivity contribution in [1.29, 1.82) is 0 Å². The normalized spacial score (nSPS) is 23.1. The summed E-state index contributed by atoms with van der Waals surface area (Å²) in [5, 5.41) is 6.72. The van der Waals surface area contributed by atoms with Crippen molar-refractivity contribution in [3.63, 3.8) is 0 Å². The third-order valence-corrected chi connectivity index (χ3v) is 3.99. The zero-order chi connectivity index (χ0) is 14.1. The van der Waals surface area contributed by atoms with Gasteiger partial charge in [-0.25, -0.2) is 0 Å². The molecule has 0 bridgehead atoms. The Morgan fingerprint density at radius 2 is 1.05 bits per heavy atom. The van der Waals surface area contributed by atoms with E-state index in [1.54, 1.807) is 0 Å². The molecule has 0 aliphatic carbocycles. The van der Waals surface area contributed by atoms with Crippen LogP contribution >= 0.6 is 0 Å². The molecular formula is C15H34N4. The predicted molar refractivity (Wildman–Crippen MR) is 83.8 cm³/mol. The Bertz CT molecular complexity index is 204. The van der Waals surface area contributed by atoms with E-state index in [-0.39, 0.29) is 0 Å². The predicted octanol–water partition coefficient (Wildman–Crippen LogP) is 0.990. The van der Waals surface area contributed by atoms with E-state index in [2.05, 4.69) is 48.1 Å². The maximum atomic E-state index is 3.39. The van der Waals surface area contributed by atoms with Crippen LogP contribution in [0.5, 0.6) is 0 Å². The van der Waals surface area contributed by atoms with E-state index in [4.69, 9.17) is 0 Å². The standard InChI is InChI=1S/C8H18N2.C7H16N2/c1-8(2)10-6-3-4-9-5-7-10;1-7(2)9-5-3-8-4-6-9/h8-9H,3-7H2,1-2H3;7-8H,3-6H2,1-2H3. The fraction of sp³-hybridized carbons (Fsp3) is 1.00. The van der Waals surface area contributed by atoms with Gasteiger partial charge in [0.15, 0.2) is 0 Å². The van der Waals surface area contributed by atoms with Crippen molar-refractivity contribution in [3.8, 4) is 0 Å². The summed E-state index contributed by atoms with van der Waals surface area (Å²) < 4.78 is 0. The van der Waals surface area contributed by atoms with Crippen molar-refractivity contribution in [2.75, 3.05) is 52.4 Å². The van der Waals surface area contributed by atoms with Gasteiger partial charge in [0.25, 0.3) is 0 Å². The lowest BCUT2D eigenvalue weighted by molar-refractivity contribution is 0.196. The van der Waals surface area contributed by atoms with E-state index in [1.807, 2.05) is 0 Å². The molecule has 0 unspecified atom stereocenters. The lowest BCUT2D eigenvalue weighted by Crippen LogP contribution is -2.46. The molecule has 0 aromatic rings. The molecule has 2 rings (SSSR count). The molecule has 2 fully saturated rings. The summed E-state index contributed by atoms with van der Waals surface area (Å²) in [4.78, 5) is 5.02. The molecule has 4 nitrogen and oxygen atoms in total. The van der Waals surface area contributed by atoms with Crippen molar-refractivity contribution in [3.05, 3.63) is 0 Å². The second kappa shape index (κ2) is 9.70. The highest BCUT2D eigenvalue weighted by molar-refractivity contribution is 4.70. The second-order valence-corrected chi connectivity index (χ2v) is 6.11. The van der Waals surface area contributed by atoms with Crippen LogP contribution in [0.3, 0.4) is 0 Å². The number of hydrogen-bond donors (Lipinski definition) is 2. The van der Waals surface area contributed by atoms with Crippen LogP contribution in [0.4, 0.5) is 0 Å². The molecule has 0 aromatic heterocycles. The van der Waals surface area contributed by atoms with Gasteiger partial charge in [0.2, 0.25) is 0 Å². The Balaban J connectivity index is 0.000000191. The van der Waals surface area contributed by atoms with Crippen LogP contribution in [0, 0.1) is 0 Å². The summed E-state index contributed by atoms with van der Waals surface area (Å²) >= 11 is 0. The largest absolute Gasteiger partial charge is 0.315 e. The van der Waals surface area contributed by atoms with Gasteiger partial charge in [0.05, 0.1) is 0 Å². The van der Waals surface area contributed by atoms with Crippen LogP contribution in [0.1, 0.15) is 34.1 Å². The lowest BCUT2D eigenvalue weighted by Gasteiger charge is -2.30. The summed E-state index contributed by atoms with van der Waals surface area (Å²) in [6.07, 6.45) is 1.30. The monoisotopic (exact) mass is 270 g/mol. The lowest BCUT2D eigenvalue weighted by atomic mass is 10.3. The van der Waals surface area contributed by atoms with E-state index in [1.165, 1.54) is 39.1 Å². The quantitative estimate of drug-likeness (QED) is 0.783. The molecular weight excluding hydrogens is 236 g/mol. The van der Waals surface area contributed by atoms with Gasteiger partial charge in [-0.1, -0.05) is 0 Å². The Hall–Kier alpha value is -0.160. The molecule has 0 amide bonds. The summed E-state index contributed by atoms with van der Waals surface area (Å²) in [6, 6.07) is 1.45. The van der Waals surface area contributed by atoms with Crippen LogP contribution in [0.2, 0.25) is 0 Å². The SMILES string of the molecule is CC(C)N1CCCNCC1.CC(C)N1CCNCC1. The Morgan fingerprint density at radius 3 is 1.53 bits per heavy atom. The number of nitrogens with zero attached hydrogens (tertiary/aromatic N) is 2. The molecule has 0 spiro atoms. The fourth-order valence-electron chi connectivity index (χ4n) is 2.58. The molecule has 19 heavy (non-hydrogen) atoms. The third-order valence-electron chi connectivity index (χ3n) is 3.99. The van der Waals surface area contributed by atoms with Crippen LogP contribution in [0.25, 0.3) is 0 Å². The number of hydrogen-bond acceptors (Lipinski definition) is 4. The van der Waals surface area contributed by atoms with Gasteiger partial charge in [0.1, 0.15) is 0 Å². The fourth-order valence-corrected chi connectivity index (χ4v) is 2.58. The highest BCUT2D eigenvalue weighted by Gasteiger charge is 2.11. The Morgan fingerprint density at radius 1 is 0.632 bits per heavy atom. The Labute approximate surface area is 119 Å². The first kappa shape index (κ1) is 16.9. The van der Waals surface area contributed by atoms with Gasteiger partial charge in [-0.2, -0.15) is 0 Å². The highest BCUT2D eigenvalue weighted by atomic mass is 15.2. The molecule has 0 radical (unpaired) electrons. The van der Waals surface area contributed by atoms with Crippen molar-refractivity contribution in [2.45, 2.75) is 46.2 Å². The van der Waals surface area contributed by atoms with Crippen LogP contribution in [-0.4, -0.2) is 74.2 Å². The molecule has 0 aromatic carbocycles. The zero-order valence-electron chi connectivity index (χ0n) is 13.4. The molecule has 0 atom stereocenters. The molecule has 2 heterocycles. The number of rotatable bonds is 2. The first-order valence-corrected chi connectivity index (χ1v) is 8.00. The zero-order valence-corrected chi connectivity index (χ0v) is 13.4. The van der Waals surface area contributed by atoms with Crippen molar-refractivity contribution >= 4 is 0 Å². The van der Waals surface area contributed by atoms with Gasteiger partial charge in [-0.05, 0) is 47.2 Å². The minimum Gasteiger partial charge on any atom is -0.315 e. The maximum Gasteiger partial charge on any atom is 0.0110 e. The number of nitrogens with one attached hydrogen (secondary N) is 2. The molecule has 0 saturated carbocycles. The van der Waals surface area contributed by atoms with E-state index < -0.39 is 0 Å². The first-order valence-electron chi connectivity index (χ1n) is 8.00. The molecule has 2 saturated heterocycles. The second-order valence-electron chi connectivity index (χ2n) is 6.11. The average Bonchev–Trinajstić information content (AvgIpc) is 2.69. The van der Waals surface area contributed by atoms with Crippen LogP contribution < -0.4 is 10.6 Å². The molecule has 114 valence electrons. The third kappa shape index (κ3) is 7.25. The summed E-state index contributed by atoms with van der Waals surface area (Å²) in [5.41, 5.74) is 0. The van der Waals surface area contributed by atoms with E-state index in [9.17, 15) is 0 Å². The van der Waals surface area contributed by atoms with Crippen molar-refractivity contribution in [1.82, 2.24) is 20.4 Å². The molecule has 2 N–H and O–H groups in total. The summed E-state index contributed by atoms with van der Waals surface area (Å²) in [6.45, 7) is 18.7. The van der Waals surface area contributed by atoms with Crippen LogP contribution in [0.15, 0.2) is 0 Å². The molecule has 2 aliphatic rings. The van der Waals surface area contributed by atoms with E-state index in [0.29, 0.717) is 0 Å². The first-order chi connectivity index (χ1) is 9.11. The topological polar surface area (TPSA) is 30.5 Å². The van der Waals surface area contributed by atoms with Crippen molar-refractivity contribution in [2.24, 2.45) is 0 Å². The van der Waals surface area contributed by atoms with Crippen molar-refractivity contribution < 1.29 is 0 Å². The van der Waals surface area contributed by atoms with Crippen LogP contribution in [-0.2, 0) is 0 Å². The minimum atomic E-state index is 0.722. The van der Waals surface area contributed by atoms with E-state index >= 15 is 0 Å².